The van der Waals surface area contributed by atoms with Gasteiger partial charge in [-0.3, -0.25) is 9.78 Å². The minimum absolute atomic E-state index is 0.0309. The van der Waals surface area contributed by atoms with Crippen LogP contribution in [-0.2, 0) is 16.0 Å². The summed E-state index contributed by atoms with van der Waals surface area (Å²) in [5.41, 5.74) is 0.548. The summed E-state index contributed by atoms with van der Waals surface area (Å²) in [6.45, 7) is 0.730. The van der Waals surface area contributed by atoms with Gasteiger partial charge in [0.15, 0.2) is 6.04 Å². The number of hydrogen-bond acceptors (Lipinski definition) is 4. The van der Waals surface area contributed by atoms with Crippen molar-refractivity contribution in [1.82, 2.24) is 15.2 Å². The van der Waals surface area contributed by atoms with Crippen LogP contribution in [0.3, 0.4) is 0 Å². The molecule has 2 N–H and O–H groups in total. The number of amides is 3. The van der Waals surface area contributed by atoms with Gasteiger partial charge in [-0.1, -0.05) is 30.9 Å². The summed E-state index contributed by atoms with van der Waals surface area (Å²) < 4.78 is 28.4. The molecular formula is C20H24ClF2N3O4. The Morgan fingerprint density at radius 1 is 1.33 bits per heavy atom. The lowest BCUT2D eigenvalue weighted by Crippen LogP contribution is -2.70. The van der Waals surface area contributed by atoms with Gasteiger partial charge in [0.25, 0.3) is 5.92 Å². The van der Waals surface area contributed by atoms with Gasteiger partial charge in [0.2, 0.25) is 5.91 Å². The van der Waals surface area contributed by atoms with E-state index in [1.54, 1.807) is 6.07 Å². The van der Waals surface area contributed by atoms with Crippen molar-refractivity contribution in [3.8, 4) is 0 Å². The normalized spacial score (nSPS) is 23.6. The Kier molecular flexibility index (Phi) is 6.59. The van der Waals surface area contributed by atoms with E-state index >= 15 is 0 Å². The number of rotatable bonds is 6. The number of halogens is 3. The molecule has 1 aliphatic heterocycles. The van der Waals surface area contributed by atoms with E-state index in [2.05, 4.69) is 10.3 Å². The van der Waals surface area contributed by atoms with Crippen LogP contribution in [0.25, 0.3) is 0 Å². The quantitative estimate of drug-likeness (QED) is 0.655. The second-order valence-corrected chi connectivity index (χ2v) is 8.53. The van der Waals surface area contributed by atoms with Gasteiger partial charge in [0.1, 0.15) is 0 Å². The van der Waals surface area contributed by atoms with Gasteiger partial charge in [-0.25, -0.2) is 23.3 Å². The Labute approximate surface area is 177 Å². The summed E-state index contributed by atoms with van der Waals surface area (Å²) >= 11 is 5.87. The van der Waals surface area contributed by atoms with Crippen molar-refractivity contribution in [2.45, 2.75) is 63.5 Å². The highest BCUT2D eigenvalue weighted by atomic mass is 35.5. The lowest BCUT2D eigenvalue weighted by atomic mass is 9.81. The summed E-state index contributed by atoms with van der Waals surface area (Å²) in [5, 5.41) is 12.1. The zero-order valence-electron chi connectivity index (χ0n) is 16.5. The number of β-lactam (4-membered cyclic amide) rings is 1. The molecule has 7 nitrogen and oxygen atoms in total. The number of nitrogens with one attached hydrogen (secondary N) is 1. The number of carbonyl (C=O) groups is 3. The standard InChI is InChI=1S/C20H24ClF2N3O4/c1-20(22,23)16(12-5-3-2-4-6-12)25-19(30)26-15(18(28)29)14(17(26)27)8-11-7-13(21)10-24-9-11/h7,9-10,12,14-16H,2-6,8H2,1H3,(H,25,30)(H,28,29)/t14-,15+,16?/m1/s1. The Morgan fingerprint density at radius 3 is 2.57 bits per heavy atom. The van der Waals surface area contributed by atoms with Gasteiger partial charge >= 0.3 is 12.0 Å². The van der Waals surface area contributed by atoms with E-state index in [0.717, 1.165) is 26.2 Å². The second-order valence-electron chi connectivity index (χ2n) is 8.09. The Balaban J connectivity index is 1.74. The van der Waals surface area contributed by atoms with Crippen LogP contribution in [0.4, 0.5) is 13.6 Å². The molecule has 0 spiro atoms. The summed E-state index contributed by atoms with van der Waals surface area (Å²) in [6.07, 6.45) is 6.54. The Morgan fingerprint density at radius 2 is 2.00 bits per heavy atom. The van der Waals surface area contributed by atoms with Crippen LogP contribution >= 0.6 is 11.6 Å². The molecule has 3 atom stereocenters. The summed E-state index contributed by atoms with van der Waals surface area (Å²) in [6, 6.07) is -2.43. The number of hydrogen-bond donors (Lipinski definition) is 2. The molecule has 1 saturated carbocycles. The largest absolute Gasteiger partial charge is 0.480 e. The molecule has 1 aromatic heterocycles. The van der Waals surface area contributed by atoms with Crippen molar-refractivity contribution in [3.63, 3.8) is 0 Å². The Hall–Kier alpha value is -2.29. The van der Waals surface area contributed by atoms with Gasteiger partial charge in [0.05, 0.1) is 17.0 Å². The van der Waals surface area contributed by atoms with Crippen LogP contribution in [0.5, 0.6) is 0 Å². The van der Waals surface area contributed by atoms with Gasteiger partial charge in [-0.05, 0) is 36.8 Å². The number of aliphatic carboxylic acids is 1. The molecule has 2 heterocycles. The molecule has 10 heteroatoms. The number of imide groups is 1. The maximum Gasteiger partial charge on any atom is 0.327 e. The Bertz CT molecular complexity index is 827. The van der Waals surface area contributed by atoms with Gasteiger partial charge < -0.3 is 10.4 Å². The maximum atomic E-state index is 14.2. The van der Waals surface area contributed by atoms with E-state index in [9.17, 15) is 28.3 Å². The third-order valence-electron chi connectivity index (χ3n) is 5.85. The van der Waals surface area contributed by atoms with Gasteiger partial charge in [-0.15, -0.1) is 0 Å². The molecular weight excluding hydrogens is 420 g/mol. The fourth-order valence-electron chi connectivity index (χ4n) is 4.41. The van der Waals surface area contributed by atoms with Gasteiger partial charge in [-0.2, -0.15) is 0 Å². The number of carboxylic acids is 1. The van der Waals surface area contributed by atoms with Crippen molar-refractivity contribution >= 4 is 29.5 Å². The highest BCUT2D eigenvalue weighted by Crippen LogP contribution is 2.35. The number of carboxylic acid groups (broad SMARTS) is 1. The number of likely N-dealkylation sites (tertiary alicyclic amines) is 1. The first-order valence-corrected chi connectivity index (χ1v) is 10.3. The smallest absolute Gasteiger partial charge is 0.327 e. The number of nitrogens with zero attached hydrogens (tertiary/aromatic N) is 2. The molecule has 30 heavy (non-hydrogen) atoms. The molecule has 0 radical (unpaired) electrons. The number of carbonyl (C=O) groups excluding carboxylic acids is 2. The minimum Gasteiger partial charge on any atom is -0.480 e. The van der Waals surface area contributed by atoms with Crippen molar-refractivity contribution in [3.05, 3.63) is 29.0 Å². The van der Waals surface area contributed by atoms with Crippen molar-refractivity contribution in [2.24, 2.45) is 11.8 Å². The van der Waals surface area contributed by atoms with Crippen LogP contribution in [-0.4, -0.2) is 50.9 Å². The van der Waals surface area contributed by atoms with E-state index in [-0.39, 0.29) is 6.42 Å². The third-order valence-corrected chi connectivity index (χ3v) is 6.06. The molecule has 164 valence electrons. The first kappa shape index (κ1) is 22.4. The molecule has 1 unspecified atom stereocenters. The highest BCUT2D eigenvalue weighted by Gasteiger charge is 2.55. The summed E-state index contributed by atoms with van der Waals surface area (Å²) in [5.74, 6) is -6.71. The average Bonchev–Trinajstić information content (AvgIpc) is 2.67. The molecule has 2 aliphatic rings. The zero-order valence-corrected chi connectivity index (χ0v) is 17.2. The number of alkyl halides is 2. The molecule has 1 saturated heterocycles. The number of pyridine rings is 1. The predicted octanol–water partition coefficient (Wildman–Crippen LogP) is 3.50. The fourth-order valence-corrected chi connectivity index (χ4v) is 4.60. The molecule has 2 fully saturated rings. The summed E-state index contributed by atoms with van der Waals surface area (Å²) in [4.78, 5) is 41.4. The molecule has 0 aromatic carbocycles. The first-order valence-electron chi connectivity index (χ1n) is 9.93. The number of aromatic nitrogens is 1. The molecule has 3 rings (SSSR count). The zero-order chi connectivity index (χ0) is 22.1. The fraction of sp³-hybridized carbons (Fsp3) is 0.600. The van der Waals surface area contributed by atoms with Gasteiger partial charge in [0, 0.05) is 19.3 Å². The monoisotopic (exact) mass is 443 g/mol. The van der Waals surface area contributed by atoms with E-state index < -0.39 is 47.7 Å². The van der Waals surface area contributed by atoms with Crippen molar-refractivity contribution in [1.29, 1.82) is 0 Å². The van der Waals surface area contributed by atoms with E-state index in [1.807, 2.05) is 0 Å². The van der Waals surface area contributed by atoms with Crippen LogP contribution < -0.4 is 5.32 Å². The van der Waals surface area contributed by atoms with Crippen molar-refractivity contribution < 1.29 is 28.3 Å². The van der Waals surface area contributed by atoms with Crippen LogP contribution in [0.1, 0.15) is 44.6 Å². The van der Waals surface area contributed by atoms with Crippen LogP contribution in [0.15, 0.2) is 18.5 Å². The van der Waals surface area contributed by atoms with E-state index in [4.69, 9.17) is 11.6 Å². The van der Waals surface area contributed by atoms with E-state index in [0.29, 0.717) is 28.3 Å². The first-order chi connectivity index (χ1) is 14.1. The average molecular weight is 444 g/mol. The molecule has 1 aliphatic carbocycles. The lowest BCUT2D eigenvalue weighted by Gasteiger charge is -2.44. The second kappa shape index (κ2) is 8.83. The lowest BCUT2D eigenvalue weighted by molar-refractivity contribution is -0.165. The third kappa shape index (κ3) is 4.71. The minimum atomic E-state index is -3.20. The maximum absolute atomic E-state index is 14.2. The molecule has 3 amide bonds. The summed E-state index contributed by atoms with van der Waals surface area (Å²) in [7, 11) is 0. The van der Waals surface area contributed by atoms with Crippen molar-refractivity contribution in [2.75, 3.05) is 0 Å². The highest BCUT2D eigenvalue weighted by molar-refractivity contribution is 6.30. The number of urea groups is 1. The van der Waals surface area contributed by atoms with Crippen LogP contribution in [0, 0.1) is 11.8 Å². The van der Waals surface area contributed by atoms with E-state index in [1.165, 1.54) is 12.4 Å². The SMILES string of the molecule is CC(F)(F)C(NC(=O)N1C(=O)[C@H](Cc2cncc(Cl)c2)[C@H]1C(=O)O)C1CCCCC1. The predicted molar refractivity (Wildman–Crippen MR) is 104 cm³/mol. The molecule has 1 aromatic rings. The molecule has 0 bridgehead atoms. The topological polar surface area (TPSA) is 99.6 Å². The van der Waals surface area contributed by atoms with Crippen LogP contribution in [0.2, 0.25) is 5.02 Å².